The molecule has 0 saturated heterocycles. The summed E-state index contributed by atoms with van der Waals surface area (Å²) in [6.07, 6.45) is 1.54. The van der Waals surface area contributed by atoms with E-state index in [-0.39, 0.29) is 5.69 Å². The van der Waals surface area contributed by atoms with Gasteiger partial charge in [0.15, 0.2) is 0 Å². The lowest BCUT2D eigenvalue weighted by Crippen LogP contribution is -2.24. The molecule has 0 aromatic carbocycles. The lowest BCUT2D eigenvalue weighted by Gasteiger charge is -2.00. The SMILES string of the molecule is C=CCNC(=O)c1cccc(F)n1. The number of carbonyl (C=O) groups excluding carboxylic acids is 1. The van der Waals surface area contributed by atoms with Gasteiger partial charge in [-0.25, -0.2) is 4.98 Å². The maximum Gasteiger partial charge on any atom is 0.270 e. The van der Waals surface area contributed by atoms with E-state index in [0.717, 1.165) is 0 Å². The summed E-state index contributed by atoms with van der Waals surface area (Å²) in [5.74, 6) is -1.06. The normalized spacial score (nSPS) is 9.31. The molecule has 1 aromatic heterocycles. The molecule has 1 amide bonds. The van der Waals surface area contributed by atoms with Gasteiger partial charge in [-0.3, -0.25) is 4.79 Å². The van der Waals surface area contributed by atoms with Crippen LogP contribution in [0.15, 0.2) is 30.9 Å². The fourth-order valence-corrected chi connectivity index (χ4v) is 0.790. The van der Waals surface area contributed by atoms with Crippen LogP contribution in [-0.4, -0.2) is 17.4 Å². The average Bonchev–Trinajstić information content (AvgIpc) is 2.14. The van der Waals surface area contributed by atoms with Gasteiger partial charge in [0.1, 0.15) is 5.69 Å². The van der Waals surface area contributed by atoms with Crippen LogP contribution >= 0.6 is 0 Å². The Labute approximate surface area is 75.3 Å². The first-order valence-corrected chi connectivity index (χ1v) is 3.75. The van der Waals surface area contributed by atoms with Crippen molar-refractivity contribution in [2.24, 2.45) is 0 Å². The summed E-state index contributed by atoms with van der Waals surface area (Å²) in [7, 11) is 0. The quantitative estimate of drug-likeness (QED) is 0.559. The Morgan fingerprint density at radius 3 is 3.08 bits per heavy atom. The molecule has 1 rings (SSSR count). The first kappa shape index (κ1) is 9.38. The minimum Gasteiger partial charge on any atom is -0.347 e. The molecule has 0 saturated carbocycles. The van der Waals surface area contributed by atoms with E-state index in [0.29, 0.717) is 6.54 Å². The molecular weight excluding hydrogens is 171 g/mol. The Balaban J connectivity index is 2.71. The predicted molar refractivity (Wildman–Crippen MR) is 46.7 cm³/mol. The molecule has 0 atom stereocenters. The Bertz CT molecular complexity index is 325. The second kappa shape index (κ2) is 4.35. The van der Waals surface area contributed by atoms with Gasteiger partial charge in [0.05, 0.1) is 0 Å². The summed E-state index contributed by atoms with van der Waals surface area (Å²) in [6, 6.07) is 4.07. The minimum atomic E-state index is -0.661. The summed E-state index contributed by atoms with van der Waals surface area (Å²) in [5, 5.41) is 2.49. The molecule has 0 fully saturated rings. The molecule has 1 N–H and O–H groups in total. The summed E-state index contributed by atoms with van der Waals surface area (Å²) < 4.78 is 12.5. The number of halogens is 1. The Kier molecular flexibility index (Phi) is 3.14. The van der Waals surface area contributed by atoms with Crippen molar-refractivity contribution in [2.45, 2.75) is 0 Å². The summed E-state index contributed by atoms with van der Waals surface area (Å²) in [6.45, 7) is 3.78. The fraction of sp³-hybridized carbons (Fsp3) is 0.111. The number of carbonyl (C=O) groups is 1. The average molecular weight is 180 g/mol. The van der Waals surface area contributed by atoms with Crippen molar-refractivity contribution in [3.8, 4) is 0 Å². The van der Waals surface area contributed by atoms with Crippen molar-refractivity contribution in [1.29, 1.82) is 0 Å². The fourth-order valence-electron chi connectivity index (χ4n) is 0.790. The van der Waals surface area contributed by atoms with E-state index in [1.165, 1.54) is 24.3 Å². The van der Waals surface area contributed by atoms with E-state index >= 15 is 0 Å². The van der Waals surface area contributed by atoms with E-state index in [1.54, 1.807) is 0 Å². The van der Waals surface area contributed by atoms with Gasteiger partial charge < -0.3 is 5.32 Å². The summed E-state index contributed by atoms with van der Waals surface area (Å²) >= 11 is 0. The van der Waals surface area contributed by atoms with E-state index < -0.39 is 11.9 Å². The Morgan fingerprint density at radius 1 is 1.69 bits per heavy atom. The van der Waals surface area contributed by atoms with Crippen molar-refractivity contribution in [3.05, 3.63) is 42.5 Å². The van der Waals surface area contributed by atoms with E-state index in [9.17, 15) is 9.18 Å². The lowest BCUT2D eigenvalue weighted by molar-refractivity contribution is 0.0952. The number of nitrogens with one attached hydrogen (secondary N) is 1. The second-order valence-electron chi connectivity index (χ2n) is 2.34. The molecule has 0 aliphatic rings. The second-order valence-corrected chi connectivity index (χ2v) is 2.34. The van der Waals surface area contributed by atoms with Crippen molar-refractivity contribution in [3.63, 3.8) is 0 Å². The summed E-state index contributed by atoms with van der Waals surface area (Å²) in [4.78, 5) is 14.6. The first-order chi connectivity index (χ1) is 6.24. The largest absolute Gasteiger partial charge is 0.347 e. The van der Waals surface area contributed by atoms with Crippen molar-refractivity contribution >= 4 is 5.91 Å². The monoisotopic (exact) mass is 180 g/mol. The zero-order valence-electron chi connectivity index (χ0n) is 6.96. The molecule has 4 heteroatoms. The number of amides is 1. The molecule has 3 nitrogen and oxygen atoms in total. The van der Waals surface area contributed by atoms with Crippen LogP contribution < -0.4 is 5.32 Å². The van der Waals surface area contributed by atoms with E-state index in [2.05, 4.69) is 16.9 Å². The molecule has 0 spiro atoms. The van der Waals surface area contributed by atoms with Crippen LogP contribution in [0.1, 0.15) is 10.5 Å². The minimum absolute atomic E-state index is 0.0712. The highest BCUT2D eigenvalue weighted by Crippen LogP contribution is 1.96. The number of hydrogen-bond acceptors (Lipinski definition) is 2. The lowest BCUT2D eigenvalue weighted by atomic mass is 10.3. The Morgan fingerprint density at radius 2 is 2.46 bits per heavy atom. The molecule has 0 aliphatic carbocycles. The number of pyridine rings is 1. The van der Waals surface area contributed by atoms with Crippen LogP contribution in [0.3, 0.4) is 0 Å². The Hall–Kier alpha value is -1.71. The molecule has 1 aromatic rings. The van der Waals surface area contributed by atoms with Crippen molar-refractivity contribution in [1.82, 2.24) is 10.3 Å². The molecule has 13 heavy (non-hydrogen) atoms. The number of aromatic nitrogens is 1. The van der Waals surface area contributed by atoms with Gasteiger partial charge in [-0.2, -0.15) is 4.39 Å². The van der Waals surface area contributed by atoms with Crippen molar-refractivity contribution < 1.29 is 9.18 Å². The number of rotatable bonds is 3. The smallest absolute Gasteiger partial charge is 0.270 e. The topological polar surface area (TPSA) is 42.0 Å². The molecule has 68 valence electrons. The highest BCUT2D eigenvalue weighted by Gasteiger charge is 2.05. The molecule has 0 unspecified atom stereocenters. The zero-order chi connectivity index (χ0) is 9.68. The highest BCUT2D eigenvalue weighted by atomic mass is 19.1. The molecule has 0 radical (unpaired) electrons. The van der Waals surface area contributed by atoms with Crippen molar-refractivity contribution in [2.75, 3.05) is 6.54 Å². The number of nitrogens with zero attached hydrogens (tertiary/aromatic N) is 1. The van der Waals surface area contributed by atoms with Gasteiger partial charge >= 0.3 is 0 Å². The third kappa shape index (κ3) is 2.66. The first-order valence-electron chi connectivity index (χ1n) is 3.75. The maximum absolute atomic E-state index is 12.5. The third-order valence-corrected chi connectivity index (χ3v) is 1.35. The van der Waals surface area contributed by atoms with Gasteiger partial charge in [-0.1, -0.05) is 12.1 Å². The van der Waals surface area contributed by atoms with E-state index in [1.807, 2.05) is 0 Å². The van der Waals surface area contributed by atoms with Gasteiger partial charge in [0, 0.05) is 6.54 Å². The molecule has 1 heterocycles. The standard InChI is InChI=1S/C9H9FN2O/c1-2-6-11-9(13)7-4-3-5-8(10)12-7/h2-5H,1,6H2,(H,11,13). The van der Waals surface area contributed by atoms with Crippen LogP contribution in [0.4, 0.5) is 4.39 Å². The van der Waals surface area contributed by atoms with Crippen LogP contribution in [0.25, 0.3) is 0 Å². The van der Waals surface area contributed by atoms with Crippen LogP contribution in [0, 0.1) is 5.95 Å². The van der Waals surface area contributed by atoms with Crippen LogP contribution in [0.5, 0.6) is 0 Å². The molecule has 0 bridgehead atoms. The van der Waals surface area contributed by atoms with E-state index in [4.69, 9.17) is 0 Å². The number of hydrogen-bond donors (Lipinski definition) is 1. The molecule has 0 aliphatic heterocycles. The van der Waals surface area contributed by atoms with Gasteiger partial charge in [0.25, 0.3) is 5.91 Å². The summed E-state index contributed by atoms with van der Waals surface area (Å²) in [5.41, 5.74) is 0.0712. The predicted octanol–water partition coefficient (Wildman–Crippen LogP) is 1.14. The van der Waals surface area contributed by atoms with Crippen LogP contribution in [-0.2, 0) is 0 Å². The molecular formula is C9H9FN2O. The van der Waals surface area contributed by atoms with Gasteiger partial charge in [0.2, 0.25) is 5.95 Å². The zero-order valence-corrected chi connectivity index (χ0v) is 6.96. The van der Waals surface area contributed by atoms with Crippen LogP contribution in [0.2, 0.25) is 0 Å². The third-order valence-electron chi connectivity index (χ3n) is 1.35. The van der Waals surface area contributed by atoms with Gasteiger partial charge in [-0.15, -0.1) is 6.58 Å². The van der Waals surface area contributed by atoms with Gasteiger partial charge in [-0.05, 0) is 12.1 Å². The maximum atomic E-state index is 12.5. The highest BCUT2D eigenvalue weighted by molar-refractivity contribution is 5.92.